The standard InChI is InChI=1S/C14H19N3OS/c1-10-7-11(18-16-10)8-17(2)9-14-15-12-5-3-4-6-13(12)19-14/h7H,3-6,8-9H2,1-2H3. The lowest BCUT2D eigenvalue weighted by Crippen LogP contribution is -2.16. The van der Waals surface area contributed by atoms with Gasteiger partial charge < -0.3 is 4.52 Å². The Balaban J connectivity index is 1.62. The molecule has 0 atom stereocenters. The summed E-state index contributed by atoms with van der Waals surface area (Å²) >= 11 is 1.88. The van der Waals surface area contributed by atoms with Gasteiger partial charge in [-0.2, -0.15) is 0 Å². The molecule has 0 saturated heterocycles. The van der Waals surface area contributed by atoms with E-state index in [1.165, 1.54) is 34.8 Å². The van der Waals surface area contributed by atoms with E-state index < -0.39 is 0 Å². The molecule has 0 aromatic carbocycles. The Kier molecular flexibility index (Phi) is 3.66. The Bertz CT molecular complexity index is 537. The van der Waals surface area contributed by atoms with Crippen LogP contribution < -0.4 is 0 Å². The first kappa shape index (κ1) is 12.8. The Morgan fingerprint density at radius 3 is 2.89 bits per heavy atom. The van der Waals surface area contributed by atoms with Gasteiger partial charge in [0, 0.05) is 10.9 Å². The lowest BCUT2D eigenvalue weighted by atomic mass is 10.0. The lowest BCUT2D eigenvalue weighted by molar-refractivity contribution is 0.265. The van der Waals surface area contributed by atoms with Gasteiger partial charge in [-0.05, 0) is 39.7 Å². The van der Waals surface area contributed by atoms with Crippen LogP contribution in [-0.4, -0.2) is 22.1 Å². The number of nitrogens with zero attached hydrogens (tertiary/aromatic N) is 3. The molecule has 5 heteroatoms. The van der Waals surface area contributed by atoms with Crippen LogP contribution in [0.1, 0.15) is 39.9 Å². The van der Waals surface area contributed by atoms with Crippen LogP contribution in [0.3, 0.4) is 0 Å². The Hall–Kier alpha value is -1.20. The molecule has 0 spiro atoms. The number of hydrogen-bond donors (Lipinski definition) is 0. The Labute approximate surface area is 117 Å². The van der Waals surface area contributed by atoms with Gasteiger partial charge in [0.2, 0.25) is 0 Å². The molecule has 3 rings (SSSR count). The van der Waals surface area contributed by atoms with Crippen molar-refractivity contribution in [2.24, 2.45) is 0 Å². The summed E-state index contributed by atoms with van der Waals surface area (Å²) in [5.74, 6) is 0.918. The summed E-state index contributed by atoms with van der Waals surface area (Å²) in [6.07, 6.45) is 5.00. The van der Waals surface area contributed by atoms with Crippen molar-refractivity contribution >= 4 is 11.3 Å². The predicted octanol–water partition coefficient (Wildman–Crippen LogP) is 2.95. The molecule has 2 aromatic rings. The van der Waals surface area contributed by atoms with Crippen LogP contribution >= 0.6 is 11.3 Å². The number of aryl methyl sites for hydroxylation is 3. The maximum Gasteiger partial charge on any atom is 0.150 e. The normalized spacial score (nSPS) is 14.9. The Morgan fingerprint density at radius 1 is 1.32 bits per heavy atom. The van der Waals surface area contributed by atoms with Crippen molar-refractivity contribution in [2.45, 2.75) is 45.7 Å². The lowest BCUT2D eigenvalue weighted by Gasteiger charge is -2.12. The molecule has 0 fully saturated rings. The first-order chi connectivity index (χ1) is 9.20. The Morgan fingerprint density at radius 2 is 2.16 bits per heavy atom. The van der Waals surface area contributed by atoms with Crippen molar-refractivity contribution in [2.75, 3.05) is 7.05 Å². The summed E-state index contributed by atoms with van der Waals surface area (Å²) in [4.78, 5) is 8.50. The van der Waals surface area contributed by atoms with Gasteiger partial charge in [0.05, 0.1) is 24.5 Å². The van der Waals surface area contributed by atoms with Gasteiger partial charge in [-0.25, -0.2) is 4.98 Å². The van der Waals surface area contributed by atoms with Crippen molar-refractivity contribution < 1.29 is 4.52 Å². The van der Waals surface area contributed by atoms with Crippen molar-refractivity contribution in [1.29, 1.82) is 0 Å². The van der Waals surface area contributed by atoms with E-state index >= 15 is 0 Å². The highest BCUT2D eigenvalue weighted by Gasteiger charge is 2.16. The summed E-state index contributed by atoms with van der Waals surface area (Å²) in [6.45, 7) is 3.62. The maximum absolute atomic E-state index is 5.25. The van der Waals surface area contributed by atoms with Crippen molar-refractivity contribution in [3.8, 4) is 0 Å². The summed E-state index contributed by atoms with van der Waals surface area (Å²) < 4.78 is 5.25. The predicted molar refractivity (Wildman–Crippen MR) is 75.2 cm³/mol. The summed E-state index contributed by atoms with van der Waals surface area (Å²) in [7, 11) is 2.10. The zero-order chi connectivity index (χ0) is 13.2. The minimum atomic E-state index is 0.783. The van der Waals surface area contributed by atoms with Gasteiger partial charge in [0.25, 0.3) is 0 Å². The number of thiazole rings is 1. The molecule has 0 amide bonds. The van der Waals surface area contributed by atoms with Crippen molar-refractivity contribution in [3.05, 3.63) is 33.1 Å². The molecule has 4 nitrogen and oxygen atoms in total. The zero-order valence-corrected chi connectivity index (χ0v) is 12.3. The number of fused-ring (bicyclic) bond motifs is 1. The largest absolute Gasteiger partial charge is 0.360 e. The topological polar surface area (TPSA) is 42.2 Å². The van der Waals surface area contributed by atoms with E-state index in [0.717, 1.165) is 31.0 Å². The average Bonchev–Trinajstić information content (AvgIpc) is 2.94. The van der Waals surface area contributed by atoms with E-state index in [2.05, 4.69) is 17.1 Å². The molecule has 1 aliphatic carbocycles. The number of aromatic nitrogens is 2. The third-order valence-corrected chi connectivity index (χ3v) is 4.54. The molecule has 0 unspecified atom stereocenters. The molecule has 2 aromatic heterocycles. The quantitative estimate of drug-likeness (QED) is 0.861. The summed E-state index contributed by atoms with van der Waals surface area (Å²) in [6, 6.07) is 1.99. The van der Waals surface area contributed by atoms with E-state index in [0.29, 0.717) is 0 Å². The summed E-state index contributed by atoms with van der Waals surface area (Å²) in [5.41, 5.74) is 2.28. The van der Waals surface area contributed by atoms with Crippen LogP contribution in [0.2, 0.25) is 0 Å². The van der Waals surface area contributed by atoms with Crippen LogP contribution in [0.15, 0.2) is 10.6 Å². The summed E-state index contributed by atoms with van der Waals surface area (Å²) in [5, 5.41) is 5.14. The van der Waals surface area contributed by atoms with Gasteiger partial charge >= 0.3 is 0 Å². The van der Waals surface area contributed by atoms with E-state index in [-0.39, 0.29) is 0 Å². The third kappa shape index (κ3) is 3.04. The molecule has 0 radical (unpaired) electrons. The average molecular weight is 277 g/mol. The smallest absolute Gasteiger partial charge is 0.150 e. The number of rotatable bonds is 4. The van der Waals surface area contributed by atoms with Crippen molar-refractivity contribution in [1.82, 2.24) is 15.0 Å². The molecule has 102 valence electrons. The molecule has 19 heavy (non-hydrogen) atoms. The van der Waals surface area contributed by atoms with Gasteiger partial charge in [-0.3, -0.25) is 4.90 Å². The van der Waals surface area contributed by atoms with Crippen LogP contribution in [0.4, 0.5) is 0 Å². The molecule has 0 bridgehead atoms. The fourth-order valence-corrected chi connectivity index (χ4v) is 3.75. The molecular weight excluding hydrogens is 258 g/mol. The van der Waals surface area contributed by atoms with E-state index in [4.69, 9.17) is 9.51 Å². The molecule has 0 aliphatic heterocycles. The molecule has 0 N–H and O–H groups in total. The van der Waals surface area contributed by atoms with Crippen LogP contribution in [0.5, 0.6) is 0 Å². The molecular formula is C14H19N3OS. The second-order valence-electron chi connectivity index (χ2n) is 5.29. The monoisotopic (exact) mass is 277 g/mol. The highest BCUT2D eigenvalue weighted by Crippen LogP contribution is 2.27. The van der Waals surface area contributed by atoms with Crippen LogP contribution in [0.25, 0.3) is 0 Å². The highest BCUT2D eigenvalue weighted by atomic mass is 32.1. The molecule has 1 aliphatic rings. The van der Waals surface area contributed by atoms with E-state index in [9.17, 15) is 0 Å². The van der Waals surface area contributed by atoms with Crippen LogP contribution in [0, 0.1) is 6.92 Å². The molecule has 2 heterocycles. The van der Waals surface area contributed by atoms with Gasteiger partial charge in [-0.15, -0.1) is 11.3 Å². The number of hydrogen-bond acceptors (Lipinski definition) is 5. The molecule has 0 saturated carbocycles. The first-order valence-electron chi connectivity index (χ1n) is 6.79. The second kappa shape index (κ2) is 5.43. The van der Waals surface area contributed by atoms with Crippen LogP contribution in [-0.2, 0) is 25.9 Å². The maximum atomic E-state index is 5.25. The van der Waals surface area contributed by atoms with E-state index in [1.807, 2.05) is 24.3 Å². The third-order valence-electron chi connectivity index (χ3n) is 3.40. The van der Waals surface area contributed by atoms with Gasteiger partial charge in [-0.1, -0.05) is 5.16 Å². The SMILES string of the molecule is Cc1cc(CN(C)Cc2nc3c(s2)CCCC3)on1. The minimum absolute atomic E-state index is 0.783. The first-order valence-corrected chi connectivity index (χ1v) is 7.60. The highest BCUT2D eigenvalue weighted by molar-refractivity contribution is 7.11. The van der Waals surface area contributed by atoms with Crippen molar-refractivity contribution in [3.63, 3.8) is 0 Å². The fraction of sp³-hybridized carbons (Fsp3) is 0.571. The van der Waals surface area contributed by atoms with E-state index in [1.54, 1.807) is 0 Å². The fourth-order valence-electron chi connectivity index (χ4n) is 2.52. The van der Waals surface area contributed by atoms with Gasteiger partial charge in [0.15, 0.2) is 5.76 Å². The second-order valence-corrected chi connectivity index (χ2v) is 6.46. The van der Waals surface area contributed by atoms with Gasteiger partial charge in [0.1, 0.15) is 5.01 Å². The zero-order valence-electron chi connectivity index (χ0n) is 11.5. The minimum Gasteiger partial charge on any atom is -0.360 e.